The molecule has 0 atom stereocenters. The van der Waals surface area contributed by atoms with Crippen LogP contribution in [0.2, 0.25) is 5.02 Å². The van der Waals surface area contributed by atoms with Crippen LogP contribution >= 0.6 is 11.6 Å². The summed E-state index contributed by atoms with van der Waals surface area (Å²) in [6, 6.07) is 12.3. The van der Waals surface area contributed by atoms with E-state index in [1.807, 2.05) is 12.1 Å². The van der Waals surface area contributed by atoms with Crippen LogP contribution in [0.25, 0.3) is 0 Å². The minimum atomic E-state index is 0.282. The summed E-state index contributed by atoms with van der Waals surface area (Å²) in [4.78, 5) is 0. The first kappa shape index (κ1) is 22.0. The molecule has 0 fully saturated rings. The van der Waals surface area contributed by atoms with Gasteiger partial charge in [-0.25, -0.2) is 0 Å². The van der Waals surface area contributed by atoms with E-state index >= 15 is 0 Å². The SMILES string of the molecule is Cc1cc(C)c(NCc2cc(Cl)cc(CNc3c(C)cc(C)cc3C)c2O)c(C)c1. The lowest BCUT2D eigenvalue weighted by Crippen LogP contribution is -2.07. The smallest absolute Gasteiger partial charge is 0.125 e. The number of phenolic OH excluding ortho intramolecular Hbond substituents is 1. The molecule has 3 nitrogen and oxygen atoms in total. The number of benzene rings is 3. The van der Waals surface area contributed by atoms with Gasteiger partial charge in [0.1, 0.15) is 5.75 Å². The molecule has 0 saturated heterocycles. The van der Waals surface area contributed by atoms with Gasteiger partial charge in [0.15, 0.2) is 0 Å². The Kier molecular flexibility index (Phi) is 6.62. The minimum Gasteiger partial charge on any atom is -0.507 e. The van der Waals surface area contributed by atoms with Crippen molar-refractivity contribution in [2.75, 3.05) is 10.6 Å². The monoisotopic (exact) mass is 422 g/mol. The van der Waals surface area contributed by atoms with E-state index in [0.29, 0.717) is 18.1 Å². The number of phenols is 1. The Morgan fingerprint density at radius 2 is 0.967 bits per heavy atom. The van der Waals surface area contributed by atoms with Crippen LogP contribution < -0.4 is 10.6 Å². The standard InChI is InChI=1S/C26H31ClN2O/c1-15-7-17(3)24(18(4)8-15)28-13-21-11-23(27)12-22(26(21)30)14-29-25-19(5)9-16(2)10-20(25)6/h7-12,28-30H,13-14H2,1-6H3. The van der Waals surface area contributed by atoms with Crippen molar-refractivity contribution in [1.29, 1.82) is 0 Å². The van der Waals surface area contributed by atoms with Crippen molar-refractivity contribution in [3.63, 3.8) is 0 Å². The van der Waals surface area contributed by atoms with Crippen molar-refractivity contribution in [2.24, 2.45) is 0 Å². The molecule has 0 aliphatic carbocycles. The zero-order valence-corrected chi connectivity index (χ0v) is 19.5. The highest BCUT2D eigenvalue weighted by Crippen LogP contribution is 2.31. The maximum absolute atomic E-state index is 10.9. The van der Waals surface area contributed by atoms with Gasteiger partial charge in [-0.1, -0.05) is 47.0 Å². The van der Waals surface area contributed by atoms with Crippen LogP contribution in [0.3, 0.4) is 0 Å². The topological polar surface area (TPSA) is 44.3 Å². The molecule has 30 heavy (non-hydrogen) atoms. The third-order valence-corrected chi connectivity index (χ3v) is 5.72. The van der Waals surface area contributed by atoms with Crippen molar-refractivity contribution in [3.05, 3.63) is 85.9 Å². The molecule has 0 amide bonds. The first-order chi connectivity index (χ1) is 14.2. The molecule has 158 valence electrons. The lowest BCUT2D eigenvalue weighted by Gasteiger charge is -2.18. The Bertz CT molecular complexity index is 960. The summed E-state index contributed by atoms with van der Waals surface area (Å²) in [7, 11) is 0. The van der Waals surface area contributed by atoms with E-state index in [1.165, 1.54) is 33.4 Å². The molecule has 0 heterocycles. The van der Waals surface area contributed by atoms with Gasteiger partial charge >= 0.3 is 0 Å². The van der Waals surface area contributed by atoms with Gasteiger partial charge in [0.2, 0.25) is 0 Å². The average Bonchev–Trinajstić information content (AvgIpc) is 2.63. The van der Waals surface area contributed by atoms with Crippen LogP contribution in [-0.2, 0) is 13.1 Å². The molecule has 0 bridgehead atoms. The fraction of sp³-hybridized carbons (Fsp3) is 0.308. The van der Waals surface area contributed by atoms with E-state index < -0.39 is 0 Å². The lowest BCUT2D eigenvalue weighted by atomic mass is 10.0. The zero-order chi connectivity index (χ0) is 22.0. The third-order valence-electron chi connectivity index (χ3n) is 5.50. The number of rotatable bonds is 6. The molecule has 0 saturated carbocycles. The highest BCUT2D eigenvalue weighted by molar-refractivity contribution is 6.30. The maximum atomic E-state index is 10.9. The second kappa shape index (κ2) is 9.01. The number of aromatic hydroxyl groups is 1. The van der Waals surface area contributed by atoms with Gasteiger partial charge in [0.25, 0.3) is 0 Å². The van der Waals surface area contributed by atoms with Crippen LogP contribution in [0, 0.1) is 41.5 Å². The van der Waals surface area contributed by atoms with Gasteiger partial charge in [-0.15, -0.1) is 0 Å². The molecule has 0 aromatic heterocycles. The van der Waals surface area contributed by atoms with Crippen molar-refractivity contribution < 1.29 is 5.11 Å². The molecule has 3 N–H and O–H groups in total. The average molecular weight is 423 g/mol. The summed E-state index contributed by atoms with van der Waals surface area (Å²) in [6.07, 6.45) is 0. The van der Waals surface area contributed by atoms with E-state index in [0.717, 1.165) is 22.5 Å². The highest BCUT2D eigenvalue weighted by atomic mass is 35.5. The van der Waals surface area contributed by atoms with E-state index in [-0.39, 0.29) is 5.75 Å². The molecule has 3 rings (SSSR count). The molecule has 0 unspecified atom stereocenters. The van der Waals surface area contributed by atoms with Gasteiger partial charge in [0, 0.05) is 40.6 Å². The Balaban J connectivity index is 1.81. The number of aryl methyl sites for hydroxylation is 6. The second-order valence-corrected chi connectivity index (χ2v) is 8.76. The molecular weight excluding hydrogens is 392 g/mol. The van der Waals surface area contributed by atoms with Crippen molar-refractivity contribution >= 4 is 23.0 Å². The zero-order valence-electron chi connectivity index (χ0n) is 18.7. The normalized spacial score (nSPS) is 10.9. The molecule has 0 radical (unpaired) electrons. The van der Waals surface area contributed by atoms with Crippen molar-refractivity contribution in [2.45, 2.75) is 54.6 Å². The third kappa shape index (κ3) is 4.91. The minimum absolute atomic E-state index is 0.282. The van der Waals surface area contributed by atoms with Crippen molar-refractivity contribution in [1.82, 2.24) is 0 Å². The fourth-order valence-corrected chi connectivity index (χ4v) is 4.54. The van der Waals surface area contributed by atoms with Crippen LogP contribution in [-0.4, -0.2) is 5.11 Å². The van der Waals surface area contributed by atoms with Gasteiger partial charge < -0.3 is 15.7 Å². The first-order valence-electron chi connectivity index (χ1n) is 10.3. The lowest BCUT2D eigenvalue weighted by molar-refractivity contribution is 0.463. The number of anilines is 2. The Labute approximate surface area is 185 Å². The largest absolute Gasteiger partial charge is 0.507 e. The molecule has 3 aromatic rings. The number of nitrogens with one attached hydrogen (secondary N) is 2. The summed E-state index contributed by atoms with van der Waals surface area (Å²) in [5.41, 5.74) is 11.1. The number of halogens is 1. The number of hydrogen-bond acceptors (Lipinski definition) is 3. The van der Waals surface area contributed by atoms with E-state index in [9.17, 15) is 5.11 Å². The van der Waals surface area contributed by atoms with Crippen LogP contribution in [0.1, 0.15) is 44.5 Å². The Hall–Kier alpha value is -2.65. The van der Waals surface area contributed by atoms with E-state index in [1.54, 1.807) is 0 Å². The van der Waals surface area contributed by atoms with E-state index in [4.69, 9.17) is 11.6 Å². The van der Waals surface area contributed by atoms with Crippen LogP contribution in [0.5, 0.6) is 5.75 Å². The maximum Gasteiger partial charge on any atom is 0.125 e. The van der Waals surface area contributed by atoms with Gasteiger partial charge in [-0.3, -0.25) is 0 Å². The summed E-state index contributed by atoms with van der Waals surface area (Å²) in [6.45, 7) is 13.6. The van der Waals surface area contributed by atoms with Crippen LogP contribution in [0.15, 0.2) is 36.4 Å². The van der Waals surface area contributed by atoms with Gasteiger partial charge in [-0.2, -0.15) is 0 Å². The predicted octanol–water partition coefficient (Wildman–Crippen LogP) is 7.12. The Morgan fingerprint density at radius 1 is 0.633 bits per heavy atom. The van der Waals surface area contributed by atoms with E-state index in [2.05, 4.69) is 76.4 Å². The number of hydrogen-bond donors (Lipinski definition) is 3. The fourth-order valence-electron chi connectivity index (χ4n) is 4.27. The summed E-state index contributed by atoms with van der Waals surface area (Å²) in [5.74, 6) is 0.282. The molecular formula is C26H31ClN2O. The molecule has 3 aromatic carbocycles. The van der Waals surface area contributed by atoms with Crippen molar-refractivity contribution in [3.8, 4) is 5.75 Å². The first-order valence-corrected chi connectivity index (χ1v) is 10.7. The second-order valence-electron chi connectivity index (χ2n) is 8.33. The van der Waals surface area contributed by atoms with Gasteiger partial charge in [0.05, 0.1) is 0 Å². The van der Waals surface area contributed by atoms with Gasteiger partial charge in [-0.05, 0) is 75.9 Å². The summed E-state index contributed by atoms with van der Waals surface area (Å²) in [5, 5.41) is 18.5. The molecule has 0 spiro atoms. The summed E-state index contributed by atoms with van der Waals surface area (Å²) >= 11 is 6.39. The highest BCUT2D eigenvalue weighted by Gasteiger charge is 2.12. The molecule has 0 aliphatic heterocycles. The predicted molar refractivity (Wildman–Crippen MR) is 129 cm³/mol. The quantitative estimate of drug-likeness (QED) is 0.396. The Morgan fingerprint density at radius 3 is 1.30 bits per heavy atom. The molecule has 0 aliphatic rings. The molecule has 4 heteroatoms. The summed E-state index contributed by atoms with van der Waals surface area (Å²) < 4.78 is 0. The van der Waals surface area contributed by atoms with Crippen LogP contribution in [0.4, 0.5) is 11.4 Å².